The lowest BCUT2D eigenvalue weighted by Crippen LogP contribution is -2.21. The molecule has 2 aromatic rings. The third kappa shape index (κ3) is 4.42. The standard InChI is InChI=1S/C18H17FN2O3/c1-20-18(23)15-11-14(24-2)7-8-16(15)21-17(22)9-6-12-4-3-5-13(19)10-12/h3-11H,1-2H3,(H,20,23)(H,21,22). The van der Waals surface area contributed by atoms with E-state index in [0.29, 0.717) is 17.0 Å². The van der Waals surface area contributed by atoms with Gasteiger partial charge >= 0.3 is 0 Å². The molecule has 0 heterocycles. The highest BCUT2D eigenvalue weighted by molar-refractivity contribution is 6.07. The summed E-state index contributed by atoms with van der Waals surface area (Å²) in [5, 5.41) is 5.13. The molecule has 0 unspecified atom stereocenters. The molecule has 5 nitrogen and oxygen atoms in total. The molecule has 2 rings (SSSR count). The molecule has 0 fully saturated rings. The fourth-order valence-electron chi connectivity index (χ4n) is 2.04. The van der Waals surface area contributed by atoms with Crippen LogP contribution < -0.4 is 15.4 Å². The summed E-state index contributed by atoms with van der Waals surface area (Å²) in [6, 6.07) is 10.6. The maximum Gasteiger partial charge on any atom is 0.253 e. The molecular formula is C18H17FN2O3. The summed E-state index contributed by atoms with van der Waals surface area (Å²) in [6.07, 6.45) is 2.76. The average Bonchev–Trinajstić information content (AvgIpc) is 2.59. The van der Waals surface area contributed by atoms with Crippen LogP contribution in [0.25, 0.3) is 6.08 Å². The van der Waals surface area contributed by atoms with Crippen LogP contribution in [0.2, 0.25) is 0 Å². The molecule has 2 N–H and O–H groups in total. The van der Waals surface area contributed by atoms with Gasteiger partial charge in [-0.3, -0.25) is 9.59 Å². The Balaban J connectivity index is 2.17. The second-order valence-electron chi connectivity index (χ2n) is 4.87. The van der Waals surface area contributed by atoms with Gasteiger partial charge in [-0.15, -0.1) is 0 Å². The van der Waals surface area contributed by atoms with Crippen molar-refractivity contribution in [3.8, 4) is 5.75 Å². The molecule has 2 amide bonds. The van der Waals surface area contributed by atoms with E-state index in [9.17, 15) is 14.0 Å². The van der Waals surface area contributed by atoms with Crippen LogP contribution in [0.5, 0.6) is 5.75 Å². The molecule has 2 aromatic carbocycles. The lowest BCUT2D eigenvalue weighted by atomic mass is 10.1. The molecule has 0 aromatic heterocycles. The number of anilines is 1. The van der Waals surface area contributed by atoms with Gasteiger partial charge in [0, 0.05) is 13.1 Å². The maximum absolute atomic E-state index is 13.1. The van der Waals surface area contributed by atoms with Crippen LogP contribution in [0.1, 0.15) is 15.9 Å². The molecule has 0 aliphatic carbocycles. The van der Waals surface area contributed by atoms with Crippen LogP contribution in [0.3, 0.4) is 0 Å². The molecule has 0 spiro atoms. The van der Waals surface area contributed by atoms with E-state index in [4.69, 9.17) is 4.74 Å². The normalized spacial score (nSPS) is 10.5. The summed E-state index contributed by atoms with van der Waals surface area (Å²) < 4.78 is 18.2. The summed E-state index contributed by atoms with van der Waals surface area (Å²) in [4.78, 5) is 24.0. The number of benzene rings is 2. The smallest absolute Gasteiger partial charge is 0.253 e. The van der Waals surface area contributed by atoms with Crippen molar-refractivity contribution in [2.45, 2.75) is 0 Å². The minimum absolute atomic E-state index is 0.282. The number of nitrogens with one attached hydrogen (secondary N) is 2. The van der Waals surface area contributed by atoms with Gasteiger partial charge in [0.25, 0.3) is 5.91 Å². The van der Waals surface area contributed by atoms with Gasteiger partial charge in [0.1, 0.15) is 11.6 Å². The SMILES string of the molecule is CNC(=O)c1cc(OC)ccc1NC(=O)C=Cc1cccc(F)c1. The number of ether oxygens (including phenoxy) is 1. The van der Waals surface area contributed by atoms with Crippen LogP contribution in [0, 0.1) is 5.82 Å². The van der Waals surface area contributed by atoms with Gasteiger partial charge in [0.05, 0.1) is 18.4 Å². The number of rotatable bonds is 5. The Bertz CT molecular complexity index is 788. The average molecular weight is 328 g/mol. The van der Waals surface area contributed by atoms with Gasteiger partial charge in [-0.2, -0.15) is 0 Å². The molecule has 124 valence electrons. The minimum Gasteiger partial charge on any atom is -0.497 e. The predicted octanol–water partition coefficient (Wildman–Crippen LogP) is 2.85. The number of amides is 2. The number of hydrogen-bond acceptors (Lipinski definition) is 3. The molecule has 6 heteroatoms. The van der Waals surface area contributed by atoms with Crippen molar-refractivity contribution in [3.63, 3.8) is 0 Å². The largest absolute Gasteiger partial charge is 0.497 e. The summed E-state index contributed by atoms with van der Waals surface area (Å²) >= 11 is 0. The van der Waals surface area contributed by atoms with Crippen molar-refractivity contribution in [2.24, 2.45) is 0 Å². The van der Waals surface area contributed by atoms with E-state index < -0.39 is 5.91 Å². The van der Waals surface area contributed by atoms with Crippen LogP contribution in [-0.4, -0.2) is 26.0 Å². The van der Waals surface area contributed by atoms with Crippen molar-refractivity contribution >= 4 is 23.6 Å². The van der Waals surface area contributed by atoms with Crippen molar-refractivity contribution in [1.29, 1.82) is 0 Å². The zero-order valence-electron chi connectivity index (χ0n) is 13.3. The summed E-state index contributed by atoms with van der Waals surface area (Å²) in [5.74, 6) is -0.663. The Morgan fingerprint density at radius 1 is 1.17 bits per heavy atom. The third-order valence-corrected chi connectivity index (χ3v) is 3.23. The van der Waals surface area contributed by atoms with Crippen LogP contribution >= 0.6 is 0 Å². The van der Waals surface area contributed by atoms with Crippen LogP contribution in [0.4, 0.5) is 10.1 Å². The summed E-state index contributed by atoms with van der Waals surface area (Å²) in [5.41, 5.74) is 1.19. The number of methoxy groups -OCH3 is 1. The van der Waals surface area contributed by atoms with Crippen molar-refractivity contribution in [1.82, 2.24) is 5.32 Å². The second kappa shape index (κ2) is 7.92. The molecule has 0 atom stereocenters. The Hall–Kier alpha value is -3.15. The third-order valence-electron chi connectivity index (χ3n) is 3.23. The van der Waals surface area contributed by atoms with E-state index in [1.807, 2.05) is 0 Å². The predicted molar refractivity (Wildman–Crippen MR) is 90.4 cm³/mol. The van der Waals surface area contributed by atoms with Gasteiger partial charge in [0.15, 0.2) is 0 Å². The van der Waals surface area contributed by atoms with Crippen LogP contribution in [0.15, 0.2) is 48.5 Å². The Kier molecular flexibility index (Phi) is 5.68. The Morgan fingerprint density at radius 2 is 1.96 bits per heavy atom. The molecular weight excluding hydrogens is 311 g/mol. The van der Waals surface area contributed by atoms with E-state index in [1.54, 1.807) is 24.3 Å². The minimum atomic E-state index is -0.436. The van der Waals surface area contributed by atoms with Crippen molar-refractivity contribution in [3.05, 3.63) is 65.5 Å². The van der Waals surface area contributed by atoms with Gasteiger partial charge in [0.2, 0.25) is 5.91 Å². The molecule has 0 radical (unpaired) electrons. The van der Waals surface area contributed by atoms with Gasteiger partial charge in [-0.1, -0.05) is 12.1 Å². The van der Waals surface area contributed by atoms with E-state index in [2.05, 4.69) is 10.6 Å². The fraction of sp³-hybridized carbons (Fsp3) is 0.111. The lowest BCUT2D eigenvalue weighted by Gasteiger charge is -2.10. The zero-order chi connectivity index (χ0) is 17.5. The van der Waals surface area contributed by atoms with Crippen molar-refractivity contribution < 1.29 is 18.7 Å². The lowest BCUT2D eigenvalue weighted by molar-refractivity contribution is -0.111. The van der Waals surface area contributed by atoms with E-state index in [1.165, 1.54) is 44.5 Å². The van der Waals surface area contributed by atoms with E-state index >= 15 is 0 Å². The summed E-state index contributed by atoms with van der Waals surface area (Å²) in [6.45, 7) is 0. The maximum atomic E-state index is 13.1. The second-order valence-corrected chi connectivity index (χ2v) is 4.87. The van der Waals surface area contributed by atoms with Crippen molar-refractivity contribution in [2.75, 3.05) is 19.5 Å². The monoisotopic (exact) mass is 328 g/mol. The quantitative estimate of drug-likeness (QED) is 0.830. The first-order valence-electron chi connectivity index (χ1n) is 7.18. The Morgan fingerprint density at radius 3 is 2.62 bits per heavy atom. The molecule has 0 aliphatic rings. The molecule has 0 saturated heterocycles. The number of carbonyl (C=O) groups is 2. The highest BCUT2D eigenvalue weighted by Gasteiger charge is 2.12. The highest BCUT2D eigenvalue weighted by atomic mass is 19.1. The fourth-order valence-corrected chi connectivity index (χ4v) is 2.04. The number of hydrogen-bond donors (Lipinski definition) is 2. The van der Waals surface area contributed by atoms with Gasteiger partial charge in [-0.25, -0.2) is 4.39 Å². The summed E-state index contributed by atoms with van der Waals surface area (Å²) in [7, 11) is 2.99. The first kappa shape index (κ1) is 17.2. The molecule has 24 heavy (non-hydrogen) atoms. The molecule has 0 saturated carbocycles. The number of carbonyl (C=O) groups excluding carboxylic acids is 2. The van der Waals surface area contributed by atoms with E-state index in [-0.39, 0.29) is 17.3 Å². The first-order chi connectivity index (χ1) is 11.5. The van der Waals surface area contributed by atoms with Gasteiger partial charge < -0.3 is 15.4 Å². The zero-order valence-corrected chi connectivity index (χ0v) is 13.3. The number of halogens is 1. The highest BCUT2D eigenvalue weighted by Crippen LogP contribution is 2.22. The van der Waals surface area contributed by atoms with Gasteiger partial charge in [-0.05, 0) is 42.0 Å². The first-order valence-corrected chi connectivity index (χ1v) is 7.18. The van der Waals surface area contributed by atoms with E-state index in [0.717, 1.165) is 0 Å². The molecule has 0 bridgehead atoms. The molecule has 0 aliphatic heterocycles. The van der Waals surface area contributed by atoms with Crippen LogP contribution in [-0.2, 0) is 4.79 Å². The topological polar surface area (TPSA) is 67.4 Å². The Labute approximate surface area is 139 Å².